The van der Waals surface area contributed by atoms with Crippen molar-refractivity contribution < 1.29 is 4.79 Å². The number of amides is 1. The van der Waals surface area contributed by atoms with Gasteiger partial charge in [0.05, 0.1) is 5.69 Å². The van der Waals surface area contributed by atoms with Crippen molar-refractivity contribution in [1.82, 2.24) is 29.5 Å². The van der Waals surface area contributed by atoms with Crippen molar-refractivity contribution in [3.05, 3.63) is 55.0 Å². The summed E-state index contributed by atoms with van der Waals surface area (Å²) in [5, 5.41) is 12.5. The van der Waals surface area contributed by atoms with Gasteiger partial charge in [-0.2, -0.15) is 0 Å². The number of anilines is 2. The summed E-state index contributed by atoms with van der Waals surface area (Å²) in [6.45, 7) is 0. The Balaban J connectivity index is 1.48. The van der Waals surface area contributed by atoms with Crippen molar-refractivity contribution >= 4 is 23.1 Å². The standard InChI is InChI=1S/C18H16N8O/c27-18(16-20-10-21-25-16)23-13-3-1-2-11(8-13)14-9-26-7-6-19-17(26)15(24-14)22-12-4-5-12/h1-3,6-10,12H,4-5H2,(H,22,24)(H,23,27)(H,20,21,25). The summed E-state index contributed by atoms with van der Waals surface area (Å²) < 4.78 is 1.95. The topological polar surface area (TPSA) is 113 Å². The van der Waals surface area contributed by atoms with Crippen LogP contribution in [0, 0.1) is 0 Å². The molecule has 0 radical (unpaired) electrons. The molecule has 5 rings (SSSR count). The number of hydrogen-bond donors (Lipinski definition) is 3. The first kappa shape index (κ1) is 15.5. The molecule has 1 aliphatic rings. The minimum atomic E-state index is -0.373. The highest BCUT2D eigenvalue weighted by molar-refractivity contribution is 6.01. The number of aromatic amines is 1. The number of fused-ring (bicyclic) bond motifs is 1. The summed E-state index contributed by atoms with van der Waals surface area (Å²) >= 11 is 0. The Morgan fingerprint density at radius 2 is 2.19 bits per heavy atom. The molecule has 0 unspecified atom stereocenters. The third-order valence-corrected chi connectivity index (χ3v) is 4.33. The van der Waals surface area contributed by atoms with E-state index in [1.807, 2.05) is 41.1 Å². The van der Waals surface area contributed by atoms with Crippen LogP contribution < -0.4 is 10.6 Å². The van der Waals surface area contributed by atoms with Gasteiger partial charge < -0.3 is 15.0 Å². The van der Waals surface area contributed by atoms with Gasteiger partial charge >= 0.3 is 0 Å². The number of rotatable bonds is 5. The zero-order chi connectivity index (χ0) is 18.2. The van der Waals surface area contributed by atoms with Gasteiger partial charge in [0.25, 0.3) is 5.91 Å². The van der Waals surface area contributed by atoms with Crippen LogP contribution in [0.4, 0.5) is 11.5 Å². The Labute approximate surface area is 153 Å². The quantitative estimate of drug-likeness (QED) is 0.503. The van der Waals surface area contributed by atoms with Crippen LogP contribution in [-0.2, 0) is 0 Å². The Morgan fingerprint density at radius 1 is 1.26 bits per heavy atom. The van der Waals surface area contributed by atoms with Gasteiger partial charge in [0.15, 0.2) is 11.5 Å². The molecule has 9 nitrogen and oxygen atoms in total. The zero-order valence-corrected chi connectivity index (χ0v) is 14.3. The molecule has 1 fully saturated rings. The van der Waals surface area contributed by atoms with E-state index >= 15 is 0 Å². The smallest absolute Gasteiger partial charge is 0.295 e. The van der Waals surface area contributed by atoms with Gasteiger partial charge in [-0.1, -0.05) is 12.1 Å². The van der Waals surface area contributed by atoms with Crippen molar-refractivity contribution in [2.75, 3.05) is 10.6 Å². The van der Waals surface area contributed by atoms with Crippen molar-refractivity contribution in [3.8, 4) is 11.3 Å². The lowest BCUT2D eigenvalue weighted by molar-refractivity contribution is 0.101. The molecule has 0 saturated heterocycles. The van der Waals surface area contributed by atoms with Crippen LogP contribution in [0.1, 0.15) is 23.5 Å². The first-order valence-electron chi connectivity index (χ1n) is 8.64. The molecule has 1 amide bonds. The van der Waals surface area contributed by atoms with Crippen LogP contribution >= 0.6 is 0 Å². The molecule has 0 spiro atoms. The Hall–Kier alpha value is -3.75. The molecule has 4 aromatic rings. The van der Waals surface area contributed by atoms with Crippen LogP contribution in [0.5, 0.6) is 0 Å². The molecule has 0 bridgehead atoms. The number of imidazole rings is 1. The van der Waals surface area contributed by atoms with Gasteiger partial charge in [-0.3, -0.25) is 9.89 Å². The monoisotopic (exact) mass is 360 g/mol. The van der Waals surface area contributed by atoms with E-state index in [9.17, 15) is 4.79 Å². The fraction of sp³-hybridized carbons (Fsp3) is 0.167. The molecule has 3 N–H and O–H groups in total. The average molecular weight is 360 g/mol. The molecule has 1 saturated carbocycles. The molecule has 0 atom stereocenters. The largest absolute Gasteiger partial charge is 0.364 e. The Bertz CT molecular complexity index is 1110. The molecule has 0 aliphatic heterocycles. The van der Waals surface area contributed by atoms with E-state index < -0.39 is 0 Å². The first-order chi connectivity index (χ1) is 13.3. The number of H-pyrrole nitrogens is 1. The minimum Gasteiger partial charge on any atom is -0.364 e. The van der Waals surface area contributed by atoms with Gasteiger partial charge in [0, 0.05) is 35.9 Å². The molecular weight excluding hydrogens is 344 g/mol. The molecular formula is C18H16N8O. The van der Waals surface area contributed by atoms with E-state index in [4.69, 9.17) is 4.98 Å². The number of carbonyl (C=O) groups is 1. The summed E-state index contributed by atoms with van der Waals surface area (Å²) in [6, 6.07) is 7.98. The highest BCUT2D eigenvalue weighted by Crippen LogP contribution is 2.28. The second-order valence-corrected chi connectivity index (χ2v) is 6.41. The zero-order valence-electron chi connectivity index (χ0n) is 14.3. The van der Waals surface area contributed by atoms with E-state index in [1.54, 1.807) is 6.20 Å². The Kier molecular flexibility index (Phi) is 3.56. The summed E-state index contributed by atoms with van der Waals surface area (Å²) in [5.41, 5.74) is 3.13. The number of aromatic nitrogens is 6. The van der Waals surface area contributed by atoms with E-state index in [2.05, 4.69) is 30.8 Å². The van der Waals surface area contributed by atoms with E-state index in [-0.39, 0.29) is 11.7 Å². The Morgan fingerprint density at radius 3 is 3.00 bits per heavy atom. The molecule has 3 heterocycles. The van der Waals surface area contributed by atoms with Gasteiger partial charge in [0.1, 0.15) is 6.33 Å². The number of nitrogens with zero attached hydrogens (tertiary/aromatic N) is 5. The number of hydrogen-bond acceptors (Lipinski definition) is 6. The highest BCUT2D eigenvalue weighted by atomic mass is 16.2. The molecule has 134 valence electrons. The van der Waals surface area contributed by atoms with E-state index in [0.717, 1.165) is 35.6 Å². The SMILES string of the molecule is O=C(Nc1cccc(-c2cn3ccnc3c(NC3CC3)n2)c1)c1nc[nH]n1. The van der Waals surface area contributed by atoms with Crippen molar-refractivity contribution in [2.45, 2.75) is 18.9 Å². The summed E-state index contributed by atoms with van der Waals surface area (Å²) in [7, 11) is 0. The van der Waals surface area contributed by atoms with Gasteiger partial charge in [-0.15, -0.1) is 5.10 Å². The van der Waals surface area contributed by atoms with Gasteiger partial charge in [-0.25, -0.2) is 15.0 Å². The molecule has 27 heavy (non-hydrogen) atoms. The average Bonchev–Trinajstić information content (AvgIpc) is 3.13. The maximum Gasteiger partial charge on any atom is 0.295 e. The second-order valence-electron chi connectivity index (χ2n) is 6.41. The fourth-order valence-corrected chi connectivity index (χ4v) is 2.85. The van der Waals surface area contributed by atoms with Gasteiger partial charge in [0.2, 0.25) is 5.82 Å². The van der Waals surface area contributed by atoms with E-state index in [0.29, 0.717) is 11.7 Å². The van der Waals surface area contributed by atoms with Crippen LogP contribution in [-0.4, -0.2) is 41.5 Å². The van der Waals surface area contributed by atoms with E-state index in [1.165, 1.54) is 6.33 Å². The third kappa shape index (κ3) is 3.10. The number of carbonyl (C=O) groups excluding carboxylic acids is 1. The van der Waals surface area contributed by atoms with Crippen molar-refractivity contribution in [2.24, 2.45) is 0 Å². The van der Waals surface area contributed by atoms with Crippen LogP contribution in [0.15, 0.2) is 49.2 Å². The van der Waals surface area contributed by atoms with Crippen molar-refractivity contribution in [3.63, 3.8) is 0 Å². The summed E-state index contributed by atoms with van der Waals surface area (Å²) in [5.74, 6) is 0.493. The summed E-state index contributed by atoms with van der Waals surface area (Å²) in [6.07, 6.45) is 9.25. The highest BCUT2D eigenvalue weighted by Gasteiger charge is 2.23. The fourth-order valence-electron chi connectivity index (χ4n) is 2.85. The van der Waals surface area contributed by atoms with Gasteiger partial charge in [-0.05, 0) is 25.0 Å². The predicted octanol–water partition coefficient (Wildman–Crippen LogP) is 2.34. The summed E-state index contributed by atoms with van der Waals surface area (Å²) in [4.78, 5) is 25.1. The van der Waals surface area contributed by atoms with Crippen LogP contribution in [0.25, 0.3) is 16.9 Å². The first-order valence-corrected chi connectivity index (χ1v) is 8.64. The lowest BCUT2D eigenvalue weighted by atomic mass is 10.1. The molecule has 3 aromatic heterocycles. The second kappa shape index (κ2) is 6.20. The minimum absolute atomic E-state index is 0.0919. The normalized spacial score (nSPS) is 13.6. The van der Waals surface area contributed by atoms with Crippen LogP contribution in [0.3, 0.4) is 0 Å². The lowest BCUT2D eigenvalue weighted by Gasteiger charge is -2.10. The molecule has 1 aliphatic carbocycles. The molecule has 1 aromatic carbocycles. The predicted molar refractivity (Wildman–Crippen MR) is 99.4 cm³/mol. The molecule has 9 heteroatoms. The maximum absolute atomic E-state index is 12.2. The van der Waals surface area contributed by atoms with Crippen LogP contribution in [0.2, 0.25) is 0 Å². The van der Waals surface area contributed by atoms with Crippen molar-refractivity contribution in [1.29, 1.82) is 0 Å². The number of nitrogens with one attached hydrogen (secondary N) is 3. The third-order valence-electron chi connectivity index (χ3n) is 4.33. The lowest BCUT2D eigenvalue weighted by Crippen LogP contribution is -2.13. The maximum atomic E-state index is 12.2. The number of benzene rings is 1.